The van der Waals surface area contributed by atoms with Gasteiger partial charge < -0.3 is 4.74 Å². The zero-order chi connectivity index (χ0) is 10.5. The van der Waals surface area contributed by atoms with E-state index in [1.165, 1.54) is 6.92 Å². The van der Waals surface area contributed by atoms with Crippen LogP contribution in [0.5, 0.6) is 0 Å². The molecular formula is C8H11F3O2. The third-order valence-corrected chi connectivity index (χ3v) is 1.32. The lowest BCUT2D eigenvalue weighted by Crippen LogP contribution is -2.24. The third-order valence-electron chi connectivity index (χ3n) is 1.32. The van der Waals surface area contributed by atoms with E-state index in [0.29, 0.717) is 0 Å². The second-order valence-corrected chi connectivity index (χ2v) is 2.28. The maximum absolute atomic E-state index is 11.9. The van der Waals surface area contributed by atoms with Crippen LogP contribution in [0.15, 0.2) is 11.8 Å². The van der Waals surface area contributed by atoms with Crippen molar-refractivity contribution in [3.8, 4) is 0 Å². The van der Waals surface area contributed by atoms with Gasteiger partial charge in [-0.05, 0) is 13.3 Å². The number of rotatable bonds is 4. The Balaban J connectivity index is 4.50. The molecule has 0 unspecified atom stereocenters. The van der Waals surface area contributed by atoms with Gasteiger partial charge in [0.2, 0.25) is 0 Å². The zero-order valence-electron chi connectivity index (χ0n) is 7.44. The molecule has 0 N–H and O–H groups in total. The van der Waals surface area contributed by atoms with Crippen molar-refractivity contribution in [2.24, 2.45) is 0 Å². The average Bonchev–Trinajstić information content (AvgIpc) is 2.04. The molecule has 5 heteroatoms. The molecule has 0 radical (unpaired) electrons. The number of ketones is 1. The maximum Gasteiger partial charge on any atom is 0.454 e. The normalized spacial score (nSPS) is 12.8. The number of ether oxygens (including phenoxy) is 1. The lowest BCUT2D eigenvalue weighted by molar-refractivity contribution is -0.166. The Kier molecular flexibility index (Phi) is 4.51. The molecule has 0 saturated carbocycles. The van der Waals surface area contributed by atoms with Crippen LogP contribution < -0.4 is 0 Å². The van der Waals surface area contributed by atoms with Crippen molar-refractivity contribution in [3.63, 3.8) is 0 Å². The van der Waals surface area contributed by atoms with E-state index >= 15 is 0 Å². The number of carbonyl (C=O) groups is 1. The summed E-state index contributed by atoms with van der Waals surface area (Å²) in [5.74, 6) is -1.83. The van der Waals surface area contributed by atoms with Crippen LogP contribution in [0.2, 0.25) is 0 Å². The number of hydrogen-bond donors (Lipinski definition) is 0. The summed E-state index contributed by atoms with van der Waals surface area (Å²) in [6.07, 6.45) is -3.92. The molecule has 76 valence electrons. The Bertz CT molecular complexity index is 206. The zero-order valence-corrected chi connectivity index (χ0v) is 7.44. The Hall–Kier alpha value is -1.00. The maximum atomic E-state index is 11.9. The van der Waals surface area contributed by atoms with Crippen molar-refractivity contribution in [2.45, 2.75) is 26.4 Å². The van der Waals surface area contributed by atoms with Crippen molar-refractivity contribution in [2.75, 3.05) is 6.61 Å². The fourth-order valence-electron chi connectivity index (χ4n) is 0.663. The van der Waals surface area contributed by atoms with Gasteiger partial charge in [-0.1, -0.05) is 6.92 Å². The summed E-state index contributed by atoms with van der Waals surface area (Å²) in [4.78, 5) is 10.6. The van der Waals surface area contributed by atoms with Crippen LogP contribution >= 0.6 is 0 Å². The molecule has 2 nitrogen and oxygen atoms in total. The van der Waals surface area contributed by atoms with Crippen LogP contribution in [0.25, 0.3) is 0 Å². The molecule has 0 spiro atoms. The predicted octanol–water partition coefficient (Wildman–Crippen LogP) is 2.45. The van der Waals surface area contributed by atoms with Crippen LogP contribution in [0.4, 0.5) is 13.2 Å². The molecule has 0 aromatic carbocycles. The molecule has 0 aliphatic carbocycles. The van der Waals surface area contributed by atoms with Crippen LogP contribution in [0, 0.1) is 0 Å². The smallest absolute Gasteiger partial charge is 0.454 e. The van der Waals surface area contributed by atoms with E-state index in [9.17, 15) is 18.0 Å². The highest BCUT2D eigenvalue weighted by Crippen LogP contribution is 2.22. The first-order valence-electron chi connectivity index (χ1n) is 3.85. The minimum Gasteiger partial charge on any atom is -0.501 e. The molecule has 0 atom stereocenters. The van der Waals surface area contributed by atoms with Crippen molar-refractivity contribution in [3.05, 3.63) is 11.8 Å². The fourth-order valence-corrected chi connectivity index (χ4v) is 0.663. The molecule has 0 fully saturated rings. The number of halogens is 3. The van der Waals surface area contributed by atoms with E-state index in [1.807, 2.05) is 0 Å². The van der Waals surface area contributed by atoms with Crippen molar-refractivity contribution < 1.29 is 22.7 Å². The summed E-state index contributed by atoms with van der Waals surface area (Å²) in [5, 5.41) is 0. The molecule has 0 aromatic heterocycles. The highest BCUT2D eigenvalue weighted by atomic mass is 19.4. The van der Waals surface area contributed by atoms with Gasteiger partial charge in [0.25, 0.3) is 5.78 Å². The van der Waals surface area contributed by atoms with Gasteiger partial charge in [0.1, 0.15) is 0 Å². The van der Waals surface area contributed by atoms with Crippen LogP contribution in [0.3, 0.4) is 0 Å². The fraction of sp³-hybridized carbons (Fsp3) is 0.625. The first-order valence-corrected chi connectivity index (χ1v) is 3.85. The highest BCUT2D eigenvalue weighted by Gasteiger charge is 2.40. The summed E-state index contributed by atoms with van der Waals surface area (Å²) >= 11 is 0. The minimum absolute atomic E-state index is 0.0122. The second kappa shape index (κ2) is 4.89. The third kappa shape index (κ3) is 3.96. The van der Waals surface area contributed by atoms with Crippen LogP contribution in [-0.4, -0.2) is 18.6 Å². The van der Waals surface area contributed by atoms with E-state index in [1.54, 1.807) is 6.92 Å². The molecule has 0 rings (SSSR count). The summed E-state index contributed by atoms with van der Waals surface area (Å²) < 4.78 is 40.2. The lowest BCUT2D eigenvalue weighted by atomic mass is 10.1. The number of hydrogen-bond acceptors (Lipinski definition) is 2. The summed E-state index contributed by atoms with van der Waals surface area (Å²) in [7, 11) is 0. The van der Waals surface area contributed by atoms with Crippen LogP contribution in [-0.2, 0) is 9.53 Å². The van der Waals surface area contributed by atoms with Crippen molar-refractivity contribution in [1.82, 2.24) is 0 Å². The van der Waals surface area contributed by atoms with Gasteiger partial charge in [-0.15, -0.1) is 0 Å². The van der Waals surface area contributed by atoms with Gasteiger partial charge in [-0.3, -0.25) is 4.79 Å². The summed E-state index contributed by atoms with van der Waals surface area (Å²) in [6.45, 7) is 3.34. The SMILES string of the molecule is CCO/C=C(/CC)C(=O)C(F)(F)F. The lowest BCUT2D eigenvalue weighted by Gasteiger charge is -2.06. The standard InChI is InChI=1S/C8H11F3O2/c1-3-6(5-13-4-2)7(12)8(9,10)11/h5H,3-4H2,1-2H3/b6-5-. The Labute approximate surface area is 74.4 Å². The largest absolute Gasteiger partial charge is 0.501 e. The Morgan fingerprint density at radius 1 is 1.38 bits per heavy atom. The quantitative estimate of drug-likeness (QED) is 0.510. The molecule has 0 saturated heterocycles. The molecular weight excluding hydrogens is 185 g/mol. The Morgan fingerprint density at radius 3 is 2.23 bits per heavy atom. The van der Waals surface area contributed by atoms with Crippen molar-refractivity contribution >= 4 is 5.78 Å². The summed E-state index contributed by atoms with van der Waals surface area (Å²) in [6, 6.07) is 0. The number of carbonyl (C=O) groups excluding carboxylic acids is 1. The van der Waals surface area contributed by atoms with E-state index in [-0.39, 0.29) is 18.6 Å². The van der Waals surface area contributed by atoms with Crippen molar-refractivity contribution in [1.29, 1.82) is 0 Å². The van der Waals surface area contributed by atoms with E-state index in [4.69, 9.17) is 0 Å². The minimum atomic E-state index is -4.81. The predicted molar refractivity (Wildman–Crippen MR) is 41.1 cm³/mol. The number of allylic oxidation sites excluding steroid dienone is 1. The van der Waals surface area contributed by atoms with Gasteiger partial charge >= 0.3 is 6.18 Å². The molecule has 0 bridgehead atoms. The molecule has 13 heavy (non-hydrogen) atoms. The van der Waals surface area contributed by atoms with Gasteiger partial charge in [0.15, 0.2) is 0 Å². The van der Waals surface area contributed by atoms with Crippen LogP contribution in [0.1, 0.15) is 20.3 Å². The monoisotopic (exact) mass is 196 g/mol. The topological polar surface area (TPSA) is 26.3 Å². The molecule has 0 aliphatic heterocycles. The molecule has 0 aliphatic rings. The first-order chi connectivity index (χ1) is 5.93. The highest BCUT2D eigenvalue weighted by molar-refractivity contribution is 5.99. The van der Waals surface area contributed by atoms with Gasteiger partial charge in [-0.2, -0.15) is 13.2 Å². The van der Waals surface area contributed by atoms with Gasteiger partial charge in [0.05, 0.1) is 12.9 Å². The Morgan fingerprint density at radius 2 is 1.92 bits per heavy atom. The van der Waals surface area contributed by atoms with Gasteiger partial charge in [-0.25, -0.2) is 0 Å². The van der Waals surface area contributed by atoms with E-state index in [0.717, 1.165) is 6.26 Å². The summed E-state index contributed by atoms with van der Waals surface area (Å²) in [5.41, 5.74) is -0.352. The van der Waals surface area contributed by atoms with Gasteiger partial charge in [0, 0.05) is 5.57 Å². The van der Waals surface area contributed by atoms with E-state index < -0.39 is 12.0 Å². The second-order valence-electron chi connectivity index (χ2n) is 2.28. The molecule has 0 heterocycles. The number of Topliss-reactive ketones (excluding diaryl/α,β-unsaturated/α-hetero) is 1. The first kappa shape index (κ1) is 12.0. The average molecular weight is 196 g/mol. The van der Waals surface area contributed by atoms with E-state index in [2.05, 4.69) is 4.74 Å². The molecule has 0 amide bonds. The number of alkyl halides is 3. The molecule has 0 aromatic rings.